The van der Waals surface area contributed by atoms with E-state index >= 15 is 0 Å². The summed E-state index contributed by atoms with van der Waals surface area (Å²) in [6.07, 6.45) is 0. The van der Waals surface area contributed by atoms with Gasteiger partial charge in [-0.2, -0.15) is 8.42 Å². The van der Waals surface area contributed by atoms with Gasteiger partial charge in [0.2, 0.25) is 0 Å². The molecule has 3 N–H and O–H groups in total. The fraction of sp³-hybridized carbons (Fsp3) is 0.0625. The lowest BCUT2D eigenvalue weighted by molar-refractivity contribution is -0.384. The SMILES string of the molecule is Cc1[nH]n(-c2cccc(S(=O)(=O)O)c2)c(=O)c1N=Nc1cc([N+](=O)[O-])ccc1O. The van der Waals surface area contributed by atoms with E-state index in [1.54, 1.807) is 0 Å². The molecule has 2 aromatic carbocycles. The predicted molar refractivity (Wildman–Crippen MR) is 99.9 cm³/mol. The lowest BCUT2D eigenvalue weighted by atomic mass is 10.2. The van der Waals surface area contributed by atoms with Crippen LogP contribution >= 0.6 is 0 Å². The molecule has 0 saturated carbocycles. The van der Waals surface area contributed by atoms with Gasteiger partial charge >= 0.3 is 0 Å². The number of aromatic nitrogens is 2. The smallest absolute Gasteiger partial charge is 0.299 e. The molecule has 0 fully saturated rings. The van der Waals surface area contributed by atoms with Gasteiger partial charge in [0.05, 0.1) is 21.2 Å². The molecule has 0 aliphatic rings. The van der Waals surface area contributed by atoms with Gasteiger partial charge in [-0.3, -0.25) is 24.6 Å². The second-order valence-corrected chi connectivity index (χ2v) is 7.25. The highest BCUT2D eigenvalue weighted by atomic mass is 32.2. The second-order valence-electron chi connectivity index (χ2n) is 5.83. The Morgan fingerprint density at radius 2 is 1.90 bits per heavy atom. The van der Waals surface area contributed by atoms with Crippen LogP contribution in [0.4, 0.5) is 17.1 Å². The number of aromatic amines is 1. The molecule has 0 unspecified atom stereocenters. The summed E-state index contributed by atoms with van der Waals surface area (Å²) in [5.41, 5.74) is -0.994. The minimum absolute atomic E-state index is 0.118. The molecule has 12 nitrogen and oxygen atoms in total. The summed E-state index contributed by atoms with van der Waals surface area (Å²) < 4.78 is 32.7. The Kier molecular flexibility index (Phi) is 5.01. The monoisotopic (exact) mass is 419 g/mol. The van der Waals surface area contributed by atoms with Crippen molar-refractivity contribution in [3.8, 4) is 11.4 Å². The Hall–Kier alpha value is -3.84. The average Bonchev–Trinajstić information content (AvgIpc) is 2.94. The van der Waals surface area contributed by atoms with Crippen molar-refractivity contribution in [3.63, 3.8) is 0 Å². The quantitative estimate of drug-likeness (QED) is 0.246. The molecule has 1 heterocycles. The number of azo groups is 1. The van der Waals surface area contributed by atoms with E-state index in [4.69, 9.17) is 4.55 Å². The van der Waals surface area contributed by atoms with E-state index in [1.807, 2.05) is 0 Å². The lowest BCUT2D eigenvalue weighted by Crippen LogP contribution is -2.14. The first-order chi connectivity index (χ1) is 13.6. The van der Waals surface area contributed by atoms with Gasteiger partial charge in [0, 0.05) is 12.1 Å². The molecule has 0 saturated heterocycles. The Morgan fingerprint density at radius 3 is 2.55 bits per heavy atom. The number of rotatable bonds is 5. The zero-order chi connectivity index (χ0) is 21.3. The van der Waals surface area contributed by atoms with Crippen molar-refractivity contribution in [1.29, 1.82) is 0 Å². The molecular formula is C16H13N5O7S. The highest BCUT2D eigenvalue weighted by Gasteiger charge is 2.16. The van der Waals surface area contributed by atoms with Gasteiger partial charge in [0.15, 0.2) is 5.69 Å². The molecule has 0 aliphatic heterocycles. The van der Waals surface area contributed by atoms with E-state index in [1.165, 1.54) is 19.1 Å². The third-order valence-electron chi connectivity index (χ3n) is 3.84. The number of aromatic hydroxyl groups is 1. The molecule has 0 aliphatic carbocycles. The van der Waals surface area contributed by atoms with Crippen LogP contribution in [-0.2, 0) is 10.1 Å². The van der Waals surface area contributed by atoms with Crippen LogP contribution in [0.2, 0.25) is 0 Å². The molecule has 0 bridgehead atoms. The highest BCUT2D eigenvalue weighted by molar-refractivity contribution is 7.85. The van der Waals surface area contributed by atoms with Crippen molar-refractivity contribution >= 4 is 27.2 Å². The van der Waals surface area contributed by atoms with E-state index in [9.17, 15) is 28.4 Å². The van der Waals surface area contributed by atoms with Crippen LogP contribution in [0.5, 0.6) is 5.75 Å². The van der Waals surface area contributed by atoms with Crippen molar-refractivity contribution in [1.82, 2.24) is 9.78 Å². The summed E-state index contributed by atoms with van der Waals surface area (Å²) in [6.45, 7) is 1.51. The predicted octanol–water partition coefficient (Wildman–Crippen LogP) is 2.75. The van der Waals surface area contributed by atoms with E-state index in [0.29, 0.717) is 0 Å². The molecule has 0 amide bonds. The van der Waals surface area contributed by atoms with Crippen molar-refractivity contribution in [2.24, 2.45) is 10.2 Å². The Labute approximate surface area is 162 Å². The number of hydrogen-bond acceptors (Lipinski definition) is 8. The maximum absolute atomic E-state index is 12.6. The van der Waals surface area contributed by atoms with Gasteiger partial charge in [0.25, 0.3) is 21.4 Å². The van der Waals surface area contributed by atoms with Crippen molar-refractivity contribution < 1.29 is 23.0 Å². The zero-order valence-electron chi connectivity index (χ0n) is 14.7. The zero-order valence-corrected chi connectivity index (χ0v) is 15.5. The number of phenolic OH excluding ortho intramolecular Hbond substituents is 1. The summed E-state index contributed by atoms with van der Waals surface area (Å²) in [4.78, 5) is 22.4. The van der Waals surface area contributed by atoms with E-state index in [-0.39, 0.29) is 34.2 Å². The highest BCUT2D eigenvalue weighted by Crippen LogP contribution is 2.31. The first-order valence-corrected chi connectivity index (χ1v) is 9.30. The summed E-state index contributed by atoms with van der Waals surface area (Å²) in [5.74, 6) is -0.367. The number of hydrogen-bond donors (Lipinski definition) is 3. The van der Waals surface area contributed by atoms with Gasteiger partial charge < -0.3 is 5.11 Å². The second kappa shape index (κ2) is 7.29. The number of H-pyrrole nitrogens is 1. The number of nitro benzene ring substituents is 1. The Balaban J connectivity index is 2.04. The number of nitrogens with zero attached hydrogens (tertiary/aromatic N) is 4. The van der Waals surface area contributed by atoms with E-state index < -0.39 is 25.5 Å². The summed E-state index contributed by atoms with van der Waals surface area (Å²) in [5, 5.41) is 30.8. The van der Waals surface area contributed by atoms with Gasteiger partial charge in [-0.1, -0.05) is 6.07 Å². The van der Waals surface area contributed by atoms with Gasteiger partial charge in [0.1, 0.15) is 11.4 Å². The molecule has 0 radical (unpaired) electrons. The van der Waals surface area contributed by atoms with Crippen LogP contribution in [0.3, 0.4) is 0 Å². The van der Waals surface area contributed by atoms with Gasteiger partial charge in [-0.25, -0.2) is 4.68 Å². The van der Waals surface area contributed by atoms with Crippen LogP contribution in [0.25, 0.3) is 5.69 Å². The molecule has 13 heteroatoms. The summed E-state index contributed by atoms with van der Waals surface area (Å²) in [6, 6.07) is 8.17. The first kappa shape index (κ1) is 19.9. The minimum Gasteiger partial charge on any atom is -0.506 e. The standard InChI is InChI=1S/C16H13N5O7S/c1-9-15(18-17-13-8-11(21(24)25)5-6-14(13)22)16(23)20(19-9)10-3-2-4-12(7-10)29(26,27)28/h2-8,19,22H,1H3,(H,26,27,28). The Bertz CT molecular complexity index is 1310. The van der Waals surface area contributed by atoms with E-state index in [2.05, 4.69) is 15.3 Å². The minimum atomic E-state index is -4.47. The van der Waals surface area contributed by atoms with Crippen molar-refractivity contribution in [3.05, 3.63) is 68.6 Å². The third-order valence-corrected chi connectivity index (χ3v) is 4.69. The Morgan fingerprint density at radius 1 is 1.17 bits per heavy atom. The molecule has 3 rings (SSSR count). The normalized spacial score (nSPS) is 11.8. The van der Waals surface area contributed by atoms with Gasteiger partial charge in [-0.15, -0.1) is 10.2 Å². The number of aryl methyl sites for hydroxylation is 1. The largest absolute Gasteiger partial charge is 0.506 e. The fourth-order valence-corrected chi connectivity index (χ4v) is 2.95. The summed E-state index contributed by atoms with van der Waals surface area (Å²) in [7, 11) is -4.47. The van der Waals surface area contributed by atoms with Crippen LogP contribution in [-0.4, -0.2) is 32.8 Å². The van der Waals surface area contributed by atoms with Crippen molar-refractivity contribution in [2.75, 3.05) is 0 Å². The number of nitro groups is 1. The maximum atomic E-state index is 12.6. The number of benzene rings is 2. The lowest BCUT2D eigenvalue weighted by Gasteiger charge is -2.03. The van der Waals surface area contributed by atoms with Gasteiger partial charge in [-0.05, 0) is 31.2 Å². The first-order valence-electron chi connectivity index (χ1n) is 7.86. The van der Waals surface area contributed by atoms with E-state index in [0.717, 1.165) is 35.0 Å². The molecule has 3 aromatic rings. The van der Waals surface area contributed by atoms with Crippen LogP contribution in [0.15, 0.2) is 62.4 Å². The molecule has 0 spiro atoms. The fourth-order valence-electron chi connectivity index (χ4n) is 2.43. The summed E-state index contributed by atoms with van der Waals surface area (Å²) >= 11 is 0. The number of nitrogens with one attached hydrogen (secondary N) is 1. The van der Waals surface area contributed by atoms with Crippen molar-refractivity contribution in [2.45, 2.75) is 11.8 Å². The molecule has 0 atom stereocenters. The van der Waals surface area contributed by atoms with Crippen LogP contribution in [0.1, 0.15) is 5.69 Å². The molecule has 1 aromatic heterocycles. The third kappa shape index (κ3) is 4.04. The van der Waals surface area contributed by atoms with Crippen LogP contribution in [0, 0.1) is 17.0 Å². The molecule has 29 heavy (non-hydrogen) atoms. The average molecular weight is 419 g/mol. The van der Waals surface area contributed by atoms with Crippen LogP contribution < -0.4 is 5.56 Å². The molecule has 150 valence electrons. The molecular weight excluding hydrogens is 406 g/mol. The number of non-ortho nitro benzene ring substituents is 1. The number of phenols is 1. The topological polar surface area (TPSA) is 180 Å². The maximum Gasteiger partial charge on any atom is 0.299 e.